The fourth-order valence-electron chi connectivity index (χ4n) is 2.12. The van der Waals surface area contributed by atoms with E-state index in [4.69, 9.17) is 11.6 Å². The SMILES string of the molecule is CC(C)[C@@H](Nc1cnn(Cc2ccccc2)c(=O)c1Cl)C(=O)O. The van der Waals surface area contributed by atoms with Crippen molar-refractivity contribution < 1.29 is 9.90 Å². The first-order chi connectivity index (χ1) is 10.9. The van der Waals surface area contributed by atoms with Gasteiger partial charge >= 0.3 is 5.97 Å². The van der Waals surface area contributed by atoms with Crippen LogP contribution in [0.1, 0.15) is 19.4 Å². The van der Waals surface area contributed by atoms with Crippen molar-refractivity contribution in [3.05, 3.63) is 57.5 Å². The Kier molecular flexibility index (Phi) is 5.39. The zero-order chi connectivity index (χ0) is 17.0. The summed E-state index contributed by atoms with van der Waals surface area (Å²) < 4.78 is 1.24. The summed E-state index contributed by atoms with van der Waals surface area (Å²) in [5, 5.41) is 16.0. The summed E-state index contributed by atoms with van der Waals surface area (Å²) in [5.74, 6) is -1.18. The van der Waals surface area contributed by atoms with Gasteiger partial charge < -0.3 is 10.4 Å². The van der Waals surface area contributed by atoms with Gasteiger partial charge in [-0.25, -0.2) is 9.48 Å². The van der Waals surface area contributed by atoms with Gasteiger partial charge in [0.15, 0.2) is 0 Å². The van der Waals surface area contributed by atoms with E-state index in [0.29, 0.717) is 6.54 Å². The Morgan fingerprint density at radius 1 is 1.35 bits per heavy atom. The van der Waals surface area contributed by atoms with E-state index < -0.39 is 17.6 Å². The van der Waals surface area contributed by atoms with E-state index in [1.807, 2.05) is 30.3 Å². The molecule has 1 aromatic heterocycles. The number of anilines is 1. The molecule has 0 radical (unpaired) electrons. The molecule has 2 aromatic rings. The molecule has 0 saturated carbocycles. The lowest BCUT2D eigenvalue weighted by Gasteiger charge is -2.19. The van der Waals surface area contributed by atoms with Crippen molar-refractivity contribution in [3.63, 3.8) is 0 Å². The quantitative estimate of drug-likeness (QED) is 0.847. The highest BCUT2D eigenvalue weighted by Gasteiger charge is 2.23. The highest BCUT2D eigenvalue weighted by Crippen LogP contribution is 2.19. The Balaban J connectivity index is 2.27. The zero-order valence-electron chi connectivity index (χ0n) is 12.9. The summed E-state index contributed by atoms with van der Waals surface area (Å²) in [5.41, 5.74) is 0.681. The number of rotatable bonds is 6. The molecule has 1 aromatic carbocycles. The van der Waals surface area contributed by atoms with Gasteiger partial charge in [-0.3, -0.25) is 4.79 Å². The molecule has 0 aliphatic heterocycles. The number of carbonyl (C=O) groups is 1. The molecule has 2 N–H and O–H groups in total. The summed E-state index contributed by atoms with van der Waals surface area (Å²) in [7, 11) is 0. The maximum atomic E-state index is 12.3. The third kappa shape index (κ3) is 4.10. The number of carboxylic acids is 1. The smallest absolute Gasteiger partial charge is 0.326 e. The van der Waals surface area contributed by atoms with E-state index in [9.17, 15) is 14.7 Å². The summed E-state index contributed by atoms with van der Waals surface area (Å²) in [6.45, 7) is 3.83. The molecular weight excluding hydrogens is 318 g/mol. The van der Waals surface area contributed by atoms with Crippen LogP contribution in [-0.4, -0.2) is 26.9 Å². The number of benzene rings is 1. The van der Waals surface area contributed by atoms with E-state index in [-0.39, 0.29) is 16.6 Å². The molecule has 0 saturated heterocycles. The first kappa shape index (κ1) is 17.0. The molecule has 0 aliphatic carbocycles. The molecular formula is C16H18ClN3O3. The van der Waals surface area contributed by atoms with Crippen LogP contribution in [0, 0.1) is 5.92 Å². The predicted octanol–water partition coefficient (Wildman–Crippen LogP) is 2.47. The Morgan fingerprint density at radius 3 is 2.57 bits per heavy atom. The number of nitrogens with zero attached hydrogens (tertiary/aromatic N) is 2. The Morgan fingerprint density at radius 2 is 2.00 bits per heavy atom. The van der Waals surface area contributed by atoms with Gasteiger partial charge in [-0.1, -0.05) is 55.8 Å². The van der Waals surface area contributed by atoms with Crippen molar-refractivity contribution in [1.82, 2.24) is 9.78 Å². The van der Waals surface area contributed by atoms with Gasteiger partial charge in [0.2, 0.25) is 0 Å². The number of carboxylic acid groups (broad SMARTS) is 1. The Hall–Kier alpha value is -2.34. The second-order valence-electron chi connectivity index (χ2n) is 5.52. The molecule has 0 bridgehead atoms. The molecule has 0 aliphatic rings. The standard InChI is InChI=1S/C16H18ClN3O3/c1-10(2)14(16(22)23)19-12-8-18-20(15(21)13(12)17)9-11-6-4-3-5-7-11/h3-8,10,14,19H,9H2,1-2H3,(H,22,23)/t14-/m1/s1. The maximum absolute atomic E-state index is 12.3. The lowest BCUT2D eigenvalue weighted by Crippen LogP contribution is -2.35. The molecule has 23 heavy (non-hydrogen) atoms. The molecule has 1 heterocycles. The van der Waals surface area contributed by atoms with Gasteiger partial charge in [0.25, 0.3) is 5.56 Å². The predicted molar refractivity (Wildman–Crippen MR) is 88.9 cm³/mol. The monoisotopic (exact) mass is 335 g/mol. The molecule has 122 valence electrons. The van der Waals surface area contributed by atoms with Crippen molar-refractivity contribution in [3.8, 4) is 0 Å². The van der Waals surface area contributed by atoms with E-state index in [1.165, 1.54) is 10.9 Å². The van der Waals surface area contributed by atoms with Crippen LogP contribution in [0.3, 0.4) is 0 Å². The molecule has 2 rings (SSSR count). The normalized spacial score (nSPS) is 12.2. The van der Waals surface area contributed by atoms with Crippen LogP contribution < -0.4 is 10.9 Å². The second-order valence-corrected chi connectivity index (χ2v) is 5.90. The molecule has 0 spiro atoms. The number of aromatic nitrogens is 2. The number of halogens is 1. The van der Waals surface area contributed by atoms with Crippen molar-refractivity contribution in [2.75, 3.05) is 5.32 Å². The Bertz CT molecular complexity index is 744. The largest absolute Gasteiger partial charge is 0.480 e. The second kappa shape index (κ2) is 7.28. The summed E-state index contributed by atoms with van der Waals surface area (Å²) in [6.07, 6.45) is 1.38. The highest BCUT2D eigenvalue weighted by atomic mass is 35.5. The van der Waals surface area contributed by atoms with E-state index in [2.05, 4.69) is 10.4 Å². The highest BCUT2D eigenvalue weighted by molar-refractivity contribution is 6.33. The van der Waals surface area contributed by atoms with Crippen LogP contribution in [0.25, 0.3) is 0 Å². The first-order valence-corrected chi connectivity index (χ1v) is 7.57. The van der Waals surface area contributed by atoms with Gasteiger partial charge in [0, 0.05) is 0 Å². The number of nitrogens with one attached hydrogen (secondary N) is 1. The zero-order valence-corrected chi connectivity index (χ0v) is 13.6. The van der Waals surface area contributed by atoms with Crippen LogP contribution in [-0.2, 0) is 11.3 Å². The molecule has 0 amide bonds. The van der Waals surface area contributed by atoms with Gasteiger partial charge in [-0.15, -0.1) is 0 Å². The average molecular weight is 336 g/mol. The minimum Gasteiger partial charge on any atom is -0.480 e. The van der Waals surface area contributed by atoms with Crippen LogP contribution in [0.5, 0.6) is 0 Å². The van der Waals surface area contributed by atoms with Crippen LogP contribution >= 0.6 is 11.6 Å². The van der Waals surface area contributed by atoms with Crippen molar-refractivity contribution in [2.24, 2.45) is 5.92 Å². The van der Waals surface area contributed by atoms with E-state index >= 15 is 0 Å². The minimum atomic E-state index is -1.01. The Labute approximate surface area is 138 Å². The lowest BCUT2D eigenvalue weighted by atomic mass is 10.0. The number of hydrogen-bond acceptors (Lipinski definition) is 4. The molecule has 1 atom stereocenters. The molecule has 0 fully saturated rings. The van der Waals surface area contributed by atoms with Gasteiger partial charge in [-0.05, 0) is 11.5 Å². The summed E-state index contributed by atoms with van der Waals surface area (Å²) in [6, 6.07) is 8.55. The fraction of sp³-hybridized carbons (Fsp3) is 0.312. The molecule has 0 unspecified atom stereocenters. The number of hydrogen-bond donors (Lipinski definition) is 2. The topological polar surface area (TPSA) is 84.2 Å². The minimum absolute atomic E-state index is 0.0668. The summed E-state index contributed by atoms with van der Waals surface area (Å²) in [4.78, 5) is 23.5. The van der Waals surface area contributed by atoms with E-state index in [1.54, 1.807) is 13.8 Å². The van der Waals surface area contributed by atoms with Crippen LogP contribution in [0.2, 0.25) is 5.02 Å². The third-order valence-corrected chi connectivity index (χ3v) is 3.77. The third-order valence-electron chi connectivity index (χ3n) is 3.40. The van der Waals surface area contributed by atoms with Crippen molar-refractivity contribution in [2.45, 2.75) is 26.4 Å². The van der Waals surface area contributed by atoms with Crippen LogP contribution in [0.15, 0.2) is 41.3 Å². The maximum Gasteiger partial charge on any atom is 0.326 e. The van der Waals surface area contributed by atoms with Crippen LogP contribution in [0.4, 0.5) is 5.69 Å². The average Bonchev–Trinajstić information content (AvgIpc) is 2.51. The lowest BCUT2D eigenvalue weighted by molar-refractivity contribution is -0.138. The van der Waals surface area contributed by atoms with Crippen molar-refractivity contribution in [1.29, 1.82) is 0 Å². The molecule has 6 nitrogen and oxygen atoms in total. The van der Waals surface area contributed by atoms with Crippen molar-refractivity contribution >= 4 is 23.3 Å². The number of aliphatic carboxylic acids is 1. The van der Waals surface area contributed by atoms with Gasteiger partial charge in [-0.2, -0.15) is 5.10 Å². The molecule has 7 heteroatoms. The van der Waals surface area contributed by atoms with E-state index in [0.717, 1.165) is 5.56 Å². The summed E-state index contributed by atoms with van der Waals surface area (Å²) >= 11 is 6.09. The van der Waals surface area contributed by atoms with Gasteiger partial charge in [0.1, 0.15) is 11.1 Å². The fourth-order valence-corrected chi connectivity index (χ4v) is 2.32. The van der Waals surface area contributed by atoms with Gasteiger partial charge in [0.05, 0.1) is 18.4 Å². The first-order valence-electron chi connectivity index (χ1n) is 7.19.